The molecule has 0 spiro atoms. The summed E-state index contributed by atoms with van der Waals surface area (Å²) >= 11 is 0. The van der Waals surface area contributed by atoms with Crippen molar-refractivity contribution in [2.24, 2.45) is 0 Å². The molecule has 1 heterocycles. The van der Waals surface area contributed by atoms with Gasteiger partial charge in [-0.05, 0) is 25.0 Å². The van der Waals surface area contributed by atoms with E-state index in [0.717, 1.165) is 12.8 Å². The highest BCUT2D eigenvalue weighted by atomic mass is 16.5. The van der Waals surface area contributed by atoms with Gasteiger partial charge in [-0.1, -0.05) is 25.0 Å². The fourth-order valence-electron chi connectivity index (χ4n) is 2.41. The molecule has 0 unspecified atom stereocenters. The number of nitrogens with one attached hydrogen (secondary N) is 1. The van der Waals surface area contributed by atoms with Gasteiger partial charge in [-0.3, -0.25) is 24.5 Å². The Kier molecular flexibility index (Phi) is 5.05. The Hall–Kier alpha value is -2.21. The summed E-state index contributed by atoms with van der Waals surface area (Å²) in [6.45, 7) is 0.401. The van der Waals surface area contributed by atoms with E-state index in [2.05, 4.69) is 0 Å². The summed E-state index contributed by atoms with van der Waals surface area (Å²) in [5, 5.41) is 8.34. The number of hydroxylamine groups is 1. The van der Waals surface area contributed by atoms with Crippen LogP contribution in [0.5, 0.6) is 0 Å². The molecule has 6 nitrogen and oxygen atoms in total. The highest BCUT2D eigenvalue weighted by molar-refractivity contribution is 6.21. The molecule has 1 aromatic carbocycles. The molecule has 2 N–H and O–H groups in total. The predicted octanol–water partition coefficient (Wildman–Crippen LogP) is 1.74. The van der Waals surface area contributed by atoms with Crippen molar-refractivity contribution >= 4 is 17.7 Å². The van der Waals surface area contributed by atoms with Gasteiger partial charge in [-0.2, -0.15) is 0 Å². The average Bonchev–Trinajstić information content (AvgIpc) is 2.75. The maximum absolute atomic E-state index is 12.1. The molecule has 21 heavy (non-hydrogen) atoms. The van der Waals surface area contributed by atoms with Crippen LogP contribution in [0.3, 0.4) is 0 Å². The first-order valence-corrected chi connectivity index (χ1v) is 7.03. The first-order valence-electron chi connectivity index (χ1n) is 7.03. The summed E-state index contributed by atoms with van der Waals surface area (Å²) in [6, 6.07) is 6.84. The number of carbonyl (C=O) groups excluding carboxylic acids is 3. The van der Waals surface area contributed by atoms with Gasteiger partial charge in [0.1, 0.15) is 0 Å². The number of hydrogen-bond donors (Lipinski definition) is 2. The summed E-state index contributed by atoms with van der Waals surface area (Å²) in [4.78, 5) is 36.2. The van der Waals surface area contributed by atoms with Crippen molar-refractivity contribution < 1.29 is 19.6 Å². The molecule has 3 amide bonds. The van der Waals surface area contributed by atoms with E-state index < -0.39 is 5.91 Å². The Balaban J connectivity index is 1.74. The second-order valence-corrected chi connectivity index (χ2v) is 5.01. The minimum absolute atomic E-state index is 0.227. The topological polar surface area (TPSA) is 86.7 Å². The van der Waals surface area contributed by atoms with E-state index in [9.17, 15) is 14.4 Å². The second kappa shape index (κ2) is 6.99. The van der Waals surface area contributed by atoms with E-state index in [-0.39, 0.29) is 18.2 Å². The monoisotopic (exact) mass is 290 g/mol. The van der Waals surface area contributed by atoms with Gasteiger partial charge in [-0.15, -0.1) is 0 Å². The molecule has 1 aliphatic rings. The highest BCUT2D eigenvalue weighted by Gasteiger charge is 2.34. The van der Waals surface area contributed by atoms with Crippen molar-refractivity contribution in [1.82, 2.24) is 10.4 Å². The summed E-state index contributed by atoms with van der Waals surface area (Å²) in [5.74, 6) is -0.846. The number of hydrogen-bond acceptors (Lipinski definition) is 4. The molecule has 0 radical (unpaired) electrons. The zero-order valence-electron chi connectivity index (χ0n) is 11.7. The third-order valence-electron chi connectivity index (χ3n) is 3.54. The minimum atomic E-state index is -0.393. The van der Waals surface area contributed by atoms with E-state index in [4.69, 9.17) is 5.21 Å². The van der Waals surface area contributed by atoms with Gasteiger partial charge < -0.3 is 0 Å². The molecular weight excluding hydrogens is 272 g/mol. The smallest absolute Gasteiger partial charge is 0.261 e. The van der Waals surface area contributed by atoms with Crippen molar-refractivity contribution in [1.29, 1.82) is 0 Å². The number of benzene rings is 1. The second-order valence-electron chi connectivity index (χ2n) is 5.01. The van der Waals surface area contributed by atoms with E-state index in [1.165, 1.54) is 4.90 Å². The molecule has 1 aromatic rings. The van der Waals surface area contributed by atoms with Gasteiger partial charge in [0, 0.05) is 13.0 Å². The largest absolute Gasteiger partial charge is 0.289 e. The number of imide groups is 1. The van der Waals surface area contributed by atoms with Crippen LogP contribution in [0.25, 0.3) is 0 Å². The lowest BCUT2D eigenvalue weighted by atomic mass is 10.1. The lowest BCUT2D eigenvalue weighted by Crippen LogP contribution is -2.30. The van der Waals surface area contributed by atoms with Gasteiger partial charge in [-0.25, -0.2) is 5.48 Å². The Morgan fingerprint density at radius 1 is 1.00 bits per heavy atom. The molecule has 0 bridgehead atoms. The van der Waals surface area contributed by atoms with Gasteiger partial charge in [0.15, 0.2) is 0 Å². The Morgan fingerprint density at radius 3 is 2.14 bits per heavy atom. The molecule has 112 valence electrons. The third kappa shape index (κ3) is 3.46. The number of rotatable bonds is 7. The standard InChI is InChI=1S/C15H18N2O4/c18-13(16-21)9-3-1-2-6-10-17-14(19)11-7-4-5-8-12(11)15(17)20/h4-5,7-8,21H,1-3,6,9-10H2,(H,16,18). The predicted molar refractivity (Wildman–Crippen MR) is 74.8 cm³/mol. The maximum Gasteiger partial charge on any atom is 0.261 e. The van der Waals surface area contributed by atoms with Crippen molar-refractivity contribution in [3.05, 3.63) is 35.4 Å². The zero-order valence-corrected chi connectivity index (χ0v) is 11.7. The molecule has 2 rings (SSSR count). The molecule has 0 fully saturated rings. The van der Waals surface area contributed by atoms with Gasteiger partial charge >= 0.3 is 0 Å². The Morgan fingerprint density at radius 2 is 1.57 bits per heavy atom. The quantitative estimate of drug-likeness (QED) is 0.346. The summed E-state index contributed by atoms with van der Waals surface area (Å²) in [5.41, 5.74) is 2.53. The number of unbranched alkanes of at least 4 members (excludes halogenated alkanes) is 3. The van der Waals surface area contributed by atoms with E-state index in [1.54, 1.807) is 29.7 Å². The minimum Gasteiger partial charge on any atom is -0.289 e. The van der Waals surface area contributed by atoms with E-state index in [1.807, 2.05) is 0 Å². The fourth-order valence-corrected chi connectivity index (χ4v) is 2.41. The number of nitrogens with zero attached hydrogens (tertiary/aromatic N) is 1. The SMILES string of the molecule is O=C(CCCCCCN1C(=O)c2ccccc2C1=O)NO. The van der Waals surface area contributed by atoms with Gasteiger partial charge in [0.2, 0.25) is 5.91 Å². The summed E-state index contributed by atoms with van der Waals surface area (Å²) in [7, 11) is 0. The van der Waals surface area contributed by atoms with Crippen LogP contribution in [0.1, 0.15) is 52.8 Å². The molecule has 0 aromatic heterocycles. The Labute approximate surface area is 122 Å². The Bertz CT molecular complexity index is 521. The molecule has 1 aliphatic heterocycles. The fraction of sp³-hybridized carbons (Fsp3) is 0.400. The van der Waals surface area contributed by atoms with E-state index in [0.29, 0.717) is 30.5 Å². The van der Waals surface area contributed by atoms with Gasteiger partial charge in [0.05, 0.1) is 11.1 Å². The van der Waals surface area contributed by atoms with Crippen molar-refractivity contribution in [3.8, 4) is 0 Å². The number of fused-ring (bicyclic) bond motifs is 1. The lowest BCUT2D eigenvalue weighted by Gasteiger charge is -2.13. The molecule has 0 aliphatic carbocycles. The van der Waals surface area contributed by atoms with Crippen molar-refractivity contribution in [2.45, 2.75) is 32.1 Å². The molecular formula is C15H18N2O4. The summed E-state index contributed by atoms with van der Waals surface area (Å²) in [6.07, 6.45) is 3.31. The van der Waals surface area contributed by atoms with Crippen LogP contribution in [-0.4, -0.2) is 34.4 Å². The summed E-state index contributed by atoms with van der Waals surface area (Å²) < 4.78 is 0. The van der Waals surface area contributed by atoms with Crippen LogP contribution in [0.15, 0.2) is 24.3 Å². The molecule has 0 atom stereocenters. The van der Waals surface area contributed by atoms with Gasteiger partial charge in [0.25, 0.3) is 11.8 Å². The number of carbonyl (C=O) groups is 3. The average molecular weight is 290 g/mol. The molecule has 0 saturated carbocycles. The van der Waals surface area contributed by atoms with Crippen molar-refractivity contribution in [3.63, 3.8) is 0 Å². The number of amides is 3. The molecule has 6 heteroatoms. The normalized spacial score (nSPS) is 13.5. The highest BCUT2D eigenvalue weighted by Crippen LogP contribution is 2.22. The lowest BCUT2D eigenvalue weighted by molar-refractivity contribution is -0.129. The third-order valence-corrected chi connectivity index (χ3v) is 3.54. The zero-order chi connectivity index (χ0) is 15.2. The van der Waals surface area contributed by atoms with Crippen LogP contribution in [0.4, 0.5) is 0 Å². The van der Waals surface area contributed by atoms with Crippen LogP contribution < -0.4 is 5.48 Å². The van der Waals surface area contributed by atoms with Crippen LogP contribution >= 0.6 is 0 Å². The van der Waals surface area contributed by atoms with Crippen LogP contribution in [0, 0.1) is 0 Å². The first kappa shape index (κ1) is 15.2. The van der Waals surface area contributed by atoms with Crippen LogP contribution in [0.2, 0.25) is 0 Å². The van der Waals surface area contributed by atoms with E-state index >= 15 is 0 Å². The van der Waals surface area contributed by atoms with Crippen molar-refractivity contribution in [2.75, 3.05) is 6.54 Å². The first-order chi connectivity index (χ1) is 10.1. The van der Waals surface area contributed by atoms with Crippen LogP contribution in [-0.2, 0) is 4.79 Å². The maximum atomic E-state index is 12.1. The molecule has 0 saturated heterocycles.